The SMILES string of the molecule is CN=C(NCc1cc(C)cc(OC)c1)NCC1(CCO)CCOC1. The fourth-order valence-electron chi connectivity index (χ4n) is 3.03. The van der Waals surface area contributed by atoms with Gasteiger partial charge in [0.1, 0.15) is 5.75 Å². The first-order valence-corrected chi connectivity index (χ1v) is 8.38. The molecular formula is C18H29N3O3. The smallest absolute Gasteiger partial charge is 0.191 e. The van der Waals surface area contributed by atoms with E-state index in [9.17, 15) is 5.11 Å². The van der Waals surface area contributed by atoms with Gasteiger partial charge in [0.15, 0.2) is 5.96 Å². The second kappa shape index (κ2) is 8.89. The fourth-order valence-corrected chi connectivity index (χ4v) is 3.03. The largest absolute Gasteiger partial charge is 0.497 e. The second-order valence-electron chi connectivity index (χ2n) is 6.41. The first-order chi connectivity index (χ1) is 11.6. The summed E-state index contributed by atoms with van der Waals surface area (Å²) in [6.07, 6.45) is 1.71. The van der Waals surface area contributed by atoms with E-state index in [-0.39, 0.29) is 12.0 Å². The Hall–Kier alpha value is -1.79. The molecule has 0 radical (unpaired) electrons. The third kappa shape index (κ3) is 5.11. The predicted octanol–water partition coefficient (Wildman–Crippen LogP) is 1.46. The summed E-state index contributed by atoms with van der Waals surface area (Å²) in [5.41, 5.74) is 2.31. The molecule has 1 aromatic carbocycles. The maximum atomic E-state index is 9.30. The van der Waals surface area contributed by atoms with Gasteiger partial charge in [0.2, 0.25) is 0 Å². The highest BCUT2D eigenvalue weighted by Crippen LogP contribution is 2.31. The number of aliphatic imine (C=N–C) groups is 1. The van der Waals surface area contributed by atoms with Crippen LogP contribution in [0.5, 0.6) is 5.75 Å². The van der Waals surface area contributed by atoms with Gasteiger partial charge in [-0.15, -0.1) is 0 Å². The van der Waals surface area contributed by atoms with Gasteiger partial charge in [-0.3, -0.25) is 4.99 Å². The number of nitrogens with zero attached hydrogens (tertiary/aromatic N) is 1. The van der Waals surface area contributed by atoms with Crippen LogP contribution in [0.25, 0.3) is 0 Å². The van der Waals surface area contributed by atoms with E-state index in [1.54, 1.807) is 14.2 Å². The molecule has 0 aliphatic carbocycles. The number of nitrogens with one attached hydrogen (secondary N) is 2. The summed E-state index contributed by atoms with van der Waals surface area (Å²) in [6.45, 7) is 5.09. The first-order valence-electron chi connectivity index (χ1n) is 8.38. The maximum absolute atomic E-state index is 9.30. The van der Waals surface area contributed by atoms with Crippen LogP contribution in [-0.4, -0.2) is 51.6 Å². The van der Waals surface area contributed by atoms with Crippen molar-refractivity contribution in [3.8, 4) is 5.75 Å². The molecule has 1 aliphatic heterocycles. The van der Waals surface area contributed by atoms with Crippen molar-refractivity contribution in [2.24, 2.45) is 10.4 Å². The highest BCUT2D eigenvalue weighted by molar-refractivity contribution is 5.79. The summed E-state index contributed by atoms with van der Waals surface area (Å²) in [7, 11) is 3.44. The van der Waals surface area contributed by atoms with Gasteiger partial charge in [-0.1, -0.05) is 6.07 Å². The van der Waals surface area contributed by atoms with Crippen LogP contribution in [0, 0.1) is 12.3 Å². The van der Waals surface area contributed by atoms with E-state index < -0.39 is 0 Å². The molecule has 1 atom stereocenters. The molecule has 134 valence electrons. The lowest BCUT2D eigenvalue weighted by Crippen LogP contribution is -2.44. The number of aliphatic hydroxyl groups is 1. The summed E-state index contributed by atoms with van der Waals surface area (Å²) in [6, 6.07) is 6.15. The molecule has 24 heavy (non-hydrogen) atoms. The molecule has 0 bridgehead atoms. The van der Waals surface area contributed by atoms with Crippen LogP contribution in [-0.2, 0) is 11.3 Å². The van der Waals surface area contributed by atoms with Crippen LogP contribution in [0.4, 0.5) is 0 Å². The number of hydrogen-bond donors (Lipinski definition) is 3. The van der Waals surface area contributed by atoms with Crippen LogP contribution in [0.1, 0.15) is 24.0 Å². The highest BCUT2D eigenvalue weighted by atomic mass is 16.5. The van der Waals surface area contributed by atoms with Crippen LogP contribution in [0.15, 0.2) is 23.2 Å². The quantitative estimate of drug-likeness (QED) is 0.520. The number of benzene rings is 1. The maximum Gasteiger partial charge on any atom is 0.191 e. The Morgan fingerprint density at radius 1 is 1.38 bits per heavy atom. The number of rotatable bonds is 7. The highest BCUT2D eigenvalue weighted by Gasteiger charge is 2.34. The van der Waals surface area contributed by atoms with Gasteiger partial charge in [0.05, 0.1) is 13.7 Å². The zero-order valence-electron chi connectivity index (χ0n) is 14.9. The Morgan fingerprint density at radius 3 is 2.83 bits per heavy atom. The van der Waals surface area contributed by atoms with E-state index in [2.05, 4.69) is 28.6 Å². The minimum atomic E-state index is -0.00107. The third-order valence-electron chi connectivity index (χ3n) is 4.49. The molecule has 6 heteroatoms. The zero-order chi connectivity index (χ0) is 17.4. The molecule has 1 fully saturated rings. The van der Waals surface area contributed by atoms with Crippen molar-refractivity contribution < 1.29 is 14.6 Å². The number of guanidine groups is 1. The Kier molecular flexibility index (Phi) is 6.87. The van der Waals surface area contributed by atoms with Crippen molar-refractivity contribution in [2.75, 3.05) is 40.5 Å². The lowest BCUT2D eigenvalue weighted by molar-refractivity contribution is 0.127. The lowest BCUT2D eigenvalue weighted by Gasteiger charge is -2.27. The molecule has 1 heterocycles. The molecular weight excluding hydrogens is 306 g/mol. The molecule has 2 rings (SSSR count). The average molecular weight is 335 g/mol. The molecule has 0 aromatic heterocycles. The van der Waals surface area contributed by atoms with Crippen LogP contribution in [0.2, 0.25) is 0 Å². The Balaban J connectivity index is 1.89. The number of aryl methyl sites for hydroxylation is 1. The standard InChI is InChI=1S/C18H29N3O3/c1-14-8-15(10-16(9-14)23-3)11-20-17(19-2)21-12-18(4-6-22)5-7-24-13-18/h8-10,22H,4-7,11-13H2,1-3H3,(H2,19,20,21). The summed E-state index contributed by atoms with van der Waals surface area (Å²) >= 11 is 0. The minimum absolute atomic E-state index is 0.00107. The van der Waals surface area contributed by atoms with E-state index in [0.29, 0.717) is 13.2 Å². The molecule has 0 saturated carbocycles. The van der Waals surface area contributed by atoms with Crippen LogP contribution < -0.4 is 15.4 Å². The Labute approximate surface area is 144 Å². The second-order valence-corrected chi connectivity index (χ2v) is 6.41. The predicted molar refractivity (Wildman–Crippen MR) is 95.5 cm³/mol. The Bertz CT molecular complexity index is 554. The lowest BCUT2D eigenvalue weighted by atomic mass is 9.84. The average Bonchev–Trinajstić information content (AvgIpc) is 3.03. The van der Waals surface area contributed by atoms with Gasteiger partial charge in [-0.25, -0.2) is 0 Å². The van der Waals surface area contributed by atoms with Crippen molar-refractivity contribution in [3.63, 3.8) is 0 Å². The molecule has 0 spiro atoms. The third-order valence-corrected chi connectivity index (χ3v) is 4.49. The number of ether oxygens (including phenoxy) is 2. The summed E-state index contributed by atoms with van der Waals surface area (Å²) in [5, 5.41) is 16.0. The topological polar surface area (TPSA) is 75.1 Å². The van der Waals surface area contributed by atoms with Gasteiger partial charge in [-0.05, 0) is 43.0 Å². The van der Waals surface area contributed by atoms with E-state index in [1.807, 2.05) is 12.1 Å². The number of aliphatic hydroxyl groups excluding tert-OH is 1. The van der Waals surface area contributed by atoms with Gasteiger partial charge >= 0.3 is 0 Å². The monoisotopic (exact) mass is 335 g/mol. The van der Waals surface area contributed by atoms with E-state index in [0.717, 1.165) is 43.3 Å². The molecule has 3 N–H and O–H groups in total. The van der Waals surface area contributed by atoms with Crippen LogP contribution in [0.3, 0.4) is 0 Å². The van der Waals surface area contributed by atoms with Gasteiger partial charge in [0.25, 0.3) is 0 Å². The molecule has 1 saturated heterocycles. The van der Waals surface area contributed by atoms with Crippen molar-refractivity contribution in [1.82, 2.24) is 10.6 Å². The summed E-state index contributed by atoms with van der Waals surface area (Å²) in [4.78, 5) is 4.28. The van der Waals surface area contributed by atoms with Crippen molar-refractivity contribution >= 4 is 5.96 Å². The molecule has 1 unspecified atom stereocenters. The molecule has 6 nitrogen and oxygen atoms in total. The zero-order valence-corrected chi connectivity index (χ0v) is 14.9. The van der Waals surface area contributed by atoms with Gasteiger partial charge < -0.3 is 25.2 Å². The molecule has 1 aliphatic rings. The van der Waals surface area contributed by atoms with E-state index in [1.165, 1.54) is 5.56 Å². The van der Waals surface area contributed by atoms with Crippen molar-refractivity contribution in [2.45, 2.75) is 26.3 Å². The summed E-state index contributed by atoms with van der Waals surface area (Å²) < 4.78 is 10.8. The van der Waals surface area contributed by atoms with Gasteiger partial charge in [-0.2, -0.15) is 0 Å². The van der Waals surface area contributed by atoms with E-state index in [4.69, 9.17) is 9.47 Å². The first kappa shape index (κ1) is 18.5. The number of methoxy groups -OCH3 is 1. The minimum Gasteiger partial charge on any atom is -0.497 e. The molecule has 0 amide bonds. The number of hydrogen-bond acceptors (Lipinski definition) is 4. The summed E-state index contributed by atoms with van der Waals surface area (Å²) in [5.74, 6) is 1.61. The van der Waals surface area contributed by atoms with Crippen molar-refractivity contribution in [1.29, 1.82) is 0 Å². The van der Waals surface area contributed by atoms with Crippen molar-refractivity contribution in [3.05, 3.63) is 29.3 Å². The van der Waals surface area contributed by atoms with Crippen LogP contribution >= 0.6 is 0 Å². The Morgan fingerprint density at radius 2 is 2.21 bits per heavy atom. The normalized spacial score (nSPS) is 20.9. The molecule has 1 aromatic rings. The van der Waals surface area contributed by atoms with Gasteiger partial charge in [0, 0.05) is 38.8 Å². The van der Waals surface area contributed by atoms with E-state index >= 15 is 0 Å². The fraction of sp³-hybridized carbons (Fsp3) is 0.611.